The van der Waals surface area contributed by atoms with E-state index in [9.17, 15) is 10.2 Å². The van der Waals surface area contributed by atoms with Gasteiger partial charge in [-0.15, -0.1) is 0 Å². The molecule has 0 saturated heterocycles. The van der Waals surface area contributed by atoms with Crippen molar-refractivity contribution >= 4 is 5.82 Å². The van der Waals surface area contributed by atoms with Gasteiger partial charge < -0.3 is 15.1 Å². The Balaban J connectivity index is 3.12. The standard InChI is InChI=1S/C15H26N2O2/c1-4-13-9-12(11-19)10-15(16-13)17(7-8-18)14(5-2)6-3/h9-10,14,18-19H,4-8,11H2,1-3H3. The lowest BCUT2D eigenvalue weighted by Crippen LogP contribution is -2.37. The van der Waals surface area contributed by atoms with Crippen molar-refractivity contribution in [2.45, 2.75) is 52.7 Å². The number of rotatable bonds is 8. The van der Waals surface area contributed by atoms with E-state index in [0.717, 1.165) is 36.3 Å². The number of aliphatic hydroxyl groups excluding tert-OH is 2. The Kier molecular flexibility index (Phi) is 6.81. The summed E-state index contributed by atoms with van der Waals surface area (Å²) in [5.74, 6) is 0.867. The van der Waals surface area contributed by atoms with Crippen molar-refractivity contribution in [2.75, 3.05) is 18.1 Å². The van der Waals surface area contributed by atoms with Crippen LogP contribution in [-0.4, -0.2) is 34.4 Å². The highest BCUT2D eigenvalue weighted by atomic mass is 16.3. The minimum Gasteiger partial charge on any atom is -0.395 e. The maximum atomic E-state index is 9.35. The number of pyridine rings is 1. The minimum absolute atomic E-state index is 0.0262. The van der Waals surface area contributed by atoms with Gasteiger partial charge in [-0.2, -0.15) is 0 Å². The highest BCUT2D eigenvalue weighted by molar-refractivity contribution is 5.44. The van der Waals surface area contributed by atoms with Crippen LogP contribution in [0.5, 0.6) is 0 Å². The van der Waals surface area contributed by atoms with E-state index in [2.05, 4.69) is 30.7 Å². The summed E-state index contributed by atoms with van der Waals surface area (Å²) in [7, 11) is 0. The fourth-order valence-electron chi connectivity index (χ4n) is 2.37. The number of aryl methyl sites for hydroxylation is 1. The molecular formula is C15H26N2O2. The first-order valence-corrected chi connectivity index (χ1v) is 7.18. The summed E-state index contributed by atoms with van der Waals surface area (Å²) in [6.45, 7) is 7.07. The van der Waals surface area contributed by atoms with Gasteiger partial charge in [-0.25, -0.2) is 4.98 Å². The fourth-order valence-corrected chi connectivity index (χ4v) is 2.37. The summed E-state index contributed by atoms with van der Waals surface area (Å²) in [5.41, 5.74) is 1.87. The number of aromatic nitrogens is 1. The third kappa shape index (κ3) is 4.18. The summed E-state index contributed by atoms with van der Waals surface area (Å²) < 4.78 is 0. The number of nitrogens with zero attached hydrogens (tertiary/aromatic N) is 2. The van der Waals surface area contributed by atoms with Crippen molar-refractivity contribution in [3.8, 4) is 0 Å². The molecule has 0 aromatic carbocycles. The monoisotopic (exact) mass is 266 g/mol. The van der Waals surface area contributed by atoms with E-state index in [1.54, 1.807) is 0 Å². The van der Waals surface area contributed by atoms with Gasteiger partial charge in [0, 0.05) is 18.3 Å². The molecule has 0 aliphatic rings. The summed E-state index contributed by atoms with van der Waals surface area (Å²) in [5, 5.41) is 18.6. The molecule has 4 nitrogen and oxygen atoms in total. The van der Waals surface area contributed by atoms with Crippen molar-refractivity contribution < 1.29 is 10.2 Å². The number of anilines is 1. The van der Waals surface area contributed by atoms with Crippen LogP contribution in [0.3, 0.4) is 0 Å². The Morgan fingerprint density at radius 2 is 1.84 bits per heavy atom. The van der Waals surface area contributed by atoms with Crippen LogP contribution in [-0.2, 0) is 13.0 Å². The maximum Gasteiger partial charge on any atom is 0.129 e. The fraction of sp³-hybridized carbons (Fsp3) is 0.667. The molecule has 1 aromatic rings. The molecule has 0 aliphatic heterocycles. The van der Waals surface area contributed by atoms with E-state index < -0.39 is 0 Å². The third-order valence-electron chi connectivity index (χ3n) is 3.49. The van der Waals surface area contributed by atoms with E-state index >= 15 is 0 Å². The van der Waals surface area contributed by atoms with E-state index in [1.807, 2.05) is 12.1 Å². The topological polar surface area (TPSA) is 56.6 Å². The lowest BCUT2D eigenvalue weighted by Gasteiger charge is -2.31. The Bertz CT molecular complexity index is 356. The minimum atomic E-state index is 0.0262. The van der Waals surface area contributed by atoms with Gasteiger partial charge in [0.05, 0.1) is 13.2 Å². The van der Waals surface area contributed by atoms with Crippen LogP contribution < -0.4 is 4.90 Å². The van der Waals surface area contributed by atoms with Gasteiger partial charge in [0.25, 0.3) is 0 Å². The van der Waals surface area contributed by atoms with Crippen LogP contribution in [0.4, 0.5) is 5.82 Å². The Morgan fingerprint density at radius 1 is 1.16 bits per heavy atom. The van der Waals surface area contributed by atoms with Crippen LogP contribution in [0.1, 0.15) is 44.9 Å². The van der Waals surface area contributed by atoms with Gasteiger partial charge in [0.15, 0.2) is 0 Å². The first-order valence-electron chi connectivity index (χ1n) is 7.18. The molecule has 0 bridgehead atoms. The molecule has 1 aromatic heterocycles. The summed E-state index contributed by atoms with van der Waals surface area (Å²) in [4.78, 5) is 6.79. The molecule has 1 heterocycles. The van der Waals surface area contributed by atoms with Gasteiger partial charge in [0.2, 0.25) is 0 Å². The number of hydrogen-bond acceptors (Lipinski definition) is 4. The molecule has 0 saturated carbocycles. The molecule has 1 rings (SSSR count). The lowest BCUT2D eigenvalue weighted by molar-refractivity contribution is 0.281. The average molecular weight is 266 g/mol. The van der Waals surface area contributed by atoms with Crippen molar-refractivity contribution in [3.05, 3.63) is 23.4 Å². The van der Waals surface area contributed by atoms with Gasteiger partial charge in [-0.1, -0.05) is 20.8 Å². The first kappa shape index (κ1) is 15.9. The molecule has 0 fully saturated rings. The van der Waals surface area contributed by atoms with E-state index in [0.29, 0.717) is 12.6 Å². The van der Waals surface area contributed by atoms with Crippen LogP contribution >= 0.6 is 0 Å². The molecular weight excluding hydrogens is 240 g/mol. The molecule has 4 heteroatoms. The predicted octanol–water partition coefficient (Wildman–Crippen LogP) is 2.12. The number of hydrogen-bond donors (Lipinski definition) is 2. The van der Waals surface area contributed by atoms with Gasteiger partial charge in [-0.3, -0.25) is 0 Å². The quantitative estimate of drug-likeness (QED) is 0.757. The third-order valence-corrected chi connectivity index (χ3v) is 3.49. The first-order chi connectivity index (χ1) is 9.19. The van der Waals surface area contributed by atoms with Crippen molar-refractivity contribution in [1.82, 2.24) is 4.98 Å². The maximum absolute atomic E-state index is 9.35. The second kappa shape index (κ2) is 8.12. The van der Waals surface area contributed by atoms with Crippen LogP contribution in [0.2, 0.25) is 0 Å². The summed E-state index contributed by atoms with van der Waals surface area (Å²) >= 11 is 0. The molecule has 108 valence electrons. The van der Waals surface area contributed by atoms with Crippen LogP contribution in [0, 0.1) is 0 Å². The van der Waals surface area contributed by atoms with Crippen molar-refractivity contribution in [3.63, 3.8) is 0 Å². The normalized spacial score (nSPS) is 11.1. The smallest absolute Gasteiger partial charge is 0.129 e. The van der Waals surface area contributed by atoms with E-state index in [1.165, 1.54) is 0 Å². The largest absolute Gasteiger partial charge is 0.395 e. The molecule has 0 atom stereocenters. The van der Waals surface area contributed by atoms with Crippen molar-refractivity contribution in [1.29, 1.82) is 0 Å². The molecule has 0 spiro atoms. The molecule has 0 radical (unpaired) electrons. The molecule has 2 N–H and O–H groups in total. The molecule has 0 unspecified atom stereocenters. The Morgan fingerprint density at radius 3 is 2.32 bits per heavy atom. The Hall–Kier alpha value is -1.13. The predicted molar refractivity (Wildman–Crippen MR) is 78.3 cm³/mol. The van der Waals surface area contributed by atoms with Crippen LogP contribution in [0.25, 0.3) is 0 Å². The van der Waals surface area contributed by atoms with Crippen molar-refractivity contribution in [2.24, 2.45) is 0 Å². The second-order valence-electron chi connectivity index (χ2n) is 4.72. The Labute approximate surface area is 116 Å². The molecule has 0 aliphatic carbocycles. The zero-order chi connectivity index (χ0) is 14.3. The zero-order valence-electron chi connectivity index (χ0n) is 12.3. The van der Waals surface area contributed by atoms with Gasteiger partial charge in [-0.05, 0) is 37.0 Å². The van der Waals surface area contributed by atoms with E-state index in [4.69, 9.17) is 0 Å². The second-order valence-corrected chi connectivity index (χ2v) is 4.72. The molecule has 0 amide bonds. The van der Waals surface area contributed by atoms with E-state index in [-0.39, 0.29) is 13.2 Å². The highest BCUT2D eigenvalue weighted by Gasteiger charge is 2.17. The summed E-state index contributed by atoms with van der Waals surface area (Å²) in [6, 6.07) is 4.24. The zero-order valence-corrected chi connectivity index (χ0v) is 12.3. The average Bonchev–Trinajstić information content (AvgIpc) is 2.46. The highest BCUT2D eigenvalue weighted by Crippen LogP contribution is 2.21. The van der Waals surface area contributed by atoms with Gasteiger partial charge in [0.1, 0.15) is 5.82 Å². The van der Waals surface area contributed by atoms with Crippen LogP contribution in [0.15, 0.2) is 12.1 Å². The van der Waals surface area contributed by atoms with Gasteiger partial charge >= 0.3 is 0 Å². The molecule has 19 heavy (non-hydrogen) atoms. The number of aliphatic hydroxyl groups is 2. The SMILES string of the molecule is CCc1cc(CO)cc(N(CCO)C(CC)CC)n1. The summed E-state index contributed by atoms with van der Waals surface area (Å²) in [6.07, 6.45) is 2.88. The lowest BCUT2D eigenvalue weighted by atomic mass is 10.1.